The summed E-state index contributed by atoms with van der Waals surface area (Å²) in [7, 11) is 0. The molecule has 3 aromatic rings. The first-order valence-corrected chi connectivity index (χ1v) is 10.7. The van der Waals surface area contributed by atoms with E-state index in [1.165, 1.54) is 12.0 Å². The highest BCUT2D eigenvalue weighted by molar-refractivity contribution is 5.30. The molecule has 1 aromatic heterocycles. The first-order valence-electron chi connectivity index (χ1n) is 10.7. The van der Waals surface area contributed by atoms with Crippen LogP contribution in [0.25, 0.3) is 0 Å². The van der Waals surface area contributed by atoms with Crippen molar-refractivity contribution in [3.8, 4) is 0 Å². The Balaban J connectivity index is 1.45. The quantitative estimate of drug-likeness (QED) is 0.541. The molecule has 1 atom stereocenters. The van der Waals surface area contributed by atoms with Gasteiger partial charge >= 0.3 is 0 Å². The standard InChI is InChI=1S/C25H30N2O2/c28-25(21-12-6-2-7-13-21,22-14-8-3-9-15-22)24-27-19-23(29-24)16-17-26-18-20-10-4-1-5-11-20/h1-2,4-7,10-13,19,22,26,28H,3,8-9,14-18H2. The van der Waals surface area contributed by atoms with Crippen molar-refractivity contribution in [3.05, 3.63) is 89.6 Å². The highest BCUT2D eigenvalue weighted by atomic mass is 16.4. The maximum absolute atomic E-state index is 11.8. The minimum absolute atomic E-state index is 0.140. The molecule has 4 rings (SSSR count). The molecule has 2 N–H and O–H groups in total. The molecule has 4 heteroatoms. The summed E-state index contributed by atoms with van der Waals surface area (Å²) in [5.41, 5.74) is 0.987. The Morgan fingerprint density at radius 2 is 1.66 bits per heavy atom. The minimum Gasteiger partial charge on any atom is -0.442 e. The summed E-state index contributed by atoms with van der Waals surface area (Å²) in [6, 6.07) is 20.3. The topological polar surface area (TPSA) is 58.3 Å². The van der Waals surface area contributed by atoms with Gasteiger partial charge in [0.25, 0.3) is 0 Å². The molecule has 1 heterocycles. The second-order valence-electron chi connectivity index (χ2n) is 8.01. The molecular weight excluding hydrogens is 360 g/mol. The summed E-state index contributed by atoms with van der Waals surface area (Å²) in [5.74, 6) is 1.39. The summed E-state index contributed by atoms with van der Waals surface area (Å²) < 4.78 is 6.11. The second kappa shape index (κ2) is 9.38. The van der Waals surface area contributed by atoms with Crippen LogP contribution in [-0.4, -0.2) is 16.6 Å². The first-order chi connectivity index (χ1) is 14.3. The van der Waals surface area contributed by atoms with Gasteiger partial charge in [-0.05, 0) is 24.0 Å². The molecule has 1 aliphatic rings. The van der Waals surface area contributed by atoms with E-state index in [4.69, 9.17) is 4.42 Å². The van der Waals surface area contributed by atoms with E-state index in [2.05, 4.69) is 34.6 Å². The molecule has 1 unspecified atom stereocenters. The van der Waals surface area contributed by atoms with Crippen molar-refractivity contribution < 1.29 is 9.52 Å². The van der Waals surface area contributed by atoms with Crippen LogP contribution < -0.4 is 5.32 Å². The third kappa shape index (κ3) is 4.60. The van der Waals surface area contributed by atoms with Gasteiger partial charge in [0.2, 0.25) is 5.89 Å². The molecule has 1 fully saturated rings. The number of hydrogen-bond acceptors (Lipinski definition) is 4. The highest BCUT2D eigenvalue weighted by Gasteiger charge is 2.44. The number of rotatable bonds is 8. The third-order valence-electron chi connectivity index (χ3n) is 6.01. The van der Waals surface area contributed by atoms with E-state index < -0.39 is 5.60 Å². The van der Waals surface area contributed by atoms with Crippen LogP contribution in [0.3, 0.4) is 0 Å². The minimum atomic E-state index is -1.16. The lowest BCUT2D eigenvalue weighted by Crippen LogP contribution is -2.38. The van der Waals surface area contributed by atoms with Gasteiger partial charge in [-0.2, -0.15) is 0 Å². The lowest BCUT2D eigenvalue weighted by atomic mass is 9.73. The molecule has 0 bridgehead atoms. The van der Waals surface area contributed by atoms with Crippen LogP contribution in [0.5, 0.6) is 0 Å². The number of oxazole rings is 1. The Kier molecular flexibility index (Phi) is 6.43. The Bertz CT molecular complexity index is 872. The zero-order valence-corrected chi connectivity index (χ0v) is 16.9. The largest absolute Gasteiger partial charge is 0.442 e. The first kappa shape index (κ1) is 19.9. The Morgan fingerprint density at radius 3 is 2.38 bits per heavy atom. The van der Waals surface area contributed by atoms with Crippen LogP contribution in [0, 0.1) is 5.92 Å². The average molecular weight is 391 g/mol. The van der Waals surface area contributed by atoms with Gasteiger partial charge in [-0.3, -0.25) is 0 Å². The van der Waals surface area contributed by atoms with Gasteiger partial charge in [-0.25, -0.2) is 4.98 Å². The van der Waals surface area contributed by atoms with Crippen LogP contribution in [0.4, 0.5) is 0 Å². The van der Waals surface area contributed by atoms with E-state index in [0.717, 1.165) is 56.5 Å². The van der Waals surface area contributed by atoms with Gasteiger partial charge in [0, 0.05) is 25.4 Å². The number of hydrogen-bond donors (Lipinski definition) is 2. The molecule has 0 radical (unpaired) electrons. The van der Waals surface area contributed by atoms with Crippen molar-refractivity contribution in [1.29, 1.82) is 0 Å². The highest BCUT2D eigenvalue weighted by Crippen LogP contribution is 2.43. The van der Waals surface area contributed by atoms with Crippen LogP contribution >= 0.6 is 0 Å². The smallest absolute Gasteiger partial charge is 0.231 e. The maximum atomic E-state index is 11.8. The lowest BCUT2D eigenvalue weighted by Gasteiger charge is -2.36. The number of nitrogens with one attached hydrogen (secondary N) is 1. The molecule has 0 amide bonds. The SMILES string of the molecule is OC(c1ccccc1)(c1ncc(CCNCc2ccccc2)o1)C1CCCCC1. The summed E-state index contributed by atoms with van der Waals surface area (Å²) in [6.07, 6.45) is 8.06. The van der Waals surface area contributed by atoms with Gasteiger partial charge in [0.05, 0.1) is 6.20 Å². The van der Waals surface area contributed by atoms with E-state index in [1.54, 1.807) is 6.20 Å². The van der Waals surface area contributed by atoms with Crippen LogP contribution in [0.2, 0.25) is 0 Å². The fourth-order valence-electron chi connectivity index (χ4n) is 4.39. The van der Waals surface area contributed by atoms with Crippen molar-refractivity contribution in [3.63, 3.8) is 0 Å². The van der Waals surface area contributed by atoms with E-state index in [0.29, 0.717) is 5.89 Å². The van der Waals surface area contributed by atoms with Crippen molar-refractivity contribution in [2.24, 2.45) is 5.92 Å². The van der Waals surface area contributed by atoms with Crippen LogP contribution in [-0.2, 0) is 18.6 Å². The van der Waals surface area contributed by atoms with Gasteiger partial charge in [-0.1, -0.05) is 79.9 Å². The summed E-state index contributed by atoms with van der Waals surface area (Å²) >= 11 is 0. The number of aromatic nitrogens is 1. The molecule has 2 aromatic carbocycles. The molecule has 152 valence electrons. The molecule has 29 heavy (non-hydrogen) atoms. The van der Waals surface area contributed by atoms with E-state index in [-0.39, 0.29) is 5.92 Å². The summed E-state index contributed by atoms with van der Waals surface area (Å²) in [6.45, 7) is 1.63. The molecule has 4 nitrogen and oxygen atoms in total. The van der Waals surface area contributed by atoms with Gasteiger partial charge < -0.3 is 14.8 Å². The van der Waals surface area contributed by atoms with E-state index >= 15 is 0 Å². The normalized spacial score (nSPS) is 17.1. The van der Waals surface area contributed by atoms with E-state index in [1.807, 2.05) is 36.4 Å². The number of nitrogens with zero attached hydrogens (tertiary/aromatic N) is 1. The van der Waals surface area contributed by atoms with Gasteiger partial charge in [0.1, 0.15) is 5.76 Å². The summed E-state index contributed by atoms with van der Waals surface area (Å²) in [4.78, 5) is 4.53. The maximum Gasteiger partial charge on any atom is 0.231 e. The third-order valence-corrected chi connectivity index (χ3v) is 6.01. The Morgan fingerprint density at radius 1 is 0.966 bits per heavy atom. The summed E-state index contributed by atoms with van der Waals surface area (Å²) in [5, 5.41) is 15.3. The Hall–Kier alpha value is -2.43. The van der Waals surface area contributed by atoms with Crippen LogP contribution in [0.15, 0.2) is 71.3 Å². The van der Waals surface area contributed by atoms with Crippen molar-refractivity contribution in [2.45, 2.75) is 50.7 Å². The molecule has 1 saturated carbocycles. The Labute approximate surface area is 173 Å². The predicted molar refractivity (Wildman–Crippen MR) is 114 cm³/mol. The van der Waals surface area contributed by atoms with Crippen LogP contribution in [0.1, 0.15) is 54.9 Å². The van der Waals surface area contributed by atoms with Crippen molar-refractivity contribution >= 4 is 0 Å². The number of benzene rings is 2. The van der Waals surface area contributed by atoms with Gasteiger partial charge in [0.15, 0.2) is 5.60 Å². The monoisotopic (exact) mass is 390 g/mol. The van der Waals surface area contributed by atoms with Gasteiger partial charge in [-0.15, -0.1) is 0 Å². The van der Waals surface area contributed by atoms with E-state index in [9.17, 15) is 5.11 Å². The average Bonchev–Trinajstić information content (AvgIpc) is 3.27. The fraction of sp³-hybridized carbons (Fsp3) is 0.400. The number of aliphatic hydroxyl groups is 1. The zero-order chi connectivity index (χ0) is 19.9. The lowest BCUT2D eigenvalue weighted by molar-refractivity contribution is -0.0238. The molecule has 0 aliphatic heterocycles. The zero-order valence-electron chi connectivity index (χ0n) is 16.9. The second-order valence-corrected chi connectivity index (χ2v) is 8.01. The molecule has 0 saturated heterocycles. The molecule has 0 spiro atoms. The van der Waals surface area contributed by atoms with Crippen molar-refractivity contribution in [2.75, 3.05) is 6.54 Å². The fourth-order valence-corrected chi connectivity index (χ4v) is 4.39. The predicted octanol–water partition coefficient (Wildman–Crippen LogP) is 4.82. The van der Waals surface area contributed by atoms with Crippen molar-refractivity contribution in [1.82, 2.24) is 10.3 Å². The molecular formula is C25H30N2O2. The molecule has 1 aliphatic carbocycles.